The average molecular weight is 431 g/mol. The Balaban J connectivity index is 1.86. The Morgan fingerprint density at radius 2 is 2.00 bits per heavy atom. The zero-order valence-electron chi connectivity index (χ0n) is 13.8. The molecule has 0 atom stereocenters. The van der Waals surface area contributed by atoms with Crippen LogP contribution in [-0.2, 0) is 0 Å². The van der Waals surface area contributed by atoms with Crippen molar-refractivity contribution in [3.8, 4) is 11.3 Å². The maximum absolute atomic E-state index is 6.20. The molecule has 0 aliphatic heterocycles. The van der Waals surface area contributed by atoms with Crippen molar-refractivity contribution in [2.24, 2.45) is 10.1 Å². The fraction of sp³-hybridized carbons (Fsp3) is 0. The molecule has 27 heavy (non-hydrogen) atoms. The Kier molecular flexibility index (Phi) is 5.50. The summed E-state index contributed by atoms with van der Waals surface area (Å²) in [6.07, 6.45) is 5.25. The van der Waals surface area contributed by atoms with E-state index < -0.39 is 0 Å². The van der Waals surface area contributed by atoms with Crippen LogP contribution in [0.3, 0.4) is 0 Å². The lowest BCUT2D eigenvalue weighted by molar-refractivity contribution is 0.854. The van der Waals surface area contributed by atoms with Crippen LogP contribution >= 0.6 is 45.9 Å². The van der Waals surface area contributed by atoms with Crippen molar-refractivity contribution >= 4 is 57.8 Å². The molecule has 0 saturated heterocycles. The van der Waals surface area contributed by atoms with E-state index >= 15 is 0 Å². The molecule has 4 nitrogen and oxygen atoms in total. The Morgan fingerprint density at radius 3 is 2.74 bits per heavy atom. The smallest absolute Gasteiger partial charge is 0.211 e. The van der Waals surface area contributed by atoms with E-state index in [-0.39, 0.29) is 0 Å². The molecule has 3 aromatic heterocycles. The molecule has 0 fully saturated rings. The predicted molar refractivity (Wildman–Crippen MR) is 115 cm³/mol. The summed E-state index contributed by atoms with van der Waals surface area (Å²) >= 11 is 15.4. The number of halogens is 2. The largest absolute Gasteiger partial charge is 0.262 e. The van der Waals surface area contributed by atoms with Crippen molar-refractivity contribution < 1.29 is 0 Å². The van der Waals surface area contributed by atoms with Crippen molar-refractivity contribution in [3.05, 3.63) is 85.3 Å². The van der Waals surface area contributed by atoms with Crippen LogP contribution in [-0.4, -0.2) is 15.9 Å². The minimum Gasteiger partial charge on any atom is -0.262 e. The van der Waals surface area contributed by atoms with E-state index in [1.165, 1.54) is 11.3 Å². The number of nitrogens with zero attached hydrogens (tertiary/aromatic N) is 4. The normalized spacial score (nSPS) is 12.1. The third kappa shape index (κ3) is 4.20. The van der Waals surface area contributed by atoms with Crippen LogP contribution in [0.15, 0.2) is 75.0 Å². The summed E-state index contributed by atoms with van der Waals surface area (Å²) in [5.41, 5.74) is 3.59. The van der Waals surface area contributed by atoms with Gasteiger partial charge < -0.3 is 0 Å². The van der Waals surface area contributed by atoms with E-state index in [2.05, 4.69) is 15.1 Å². The Hall–Kier alpha value is -2.25. The summed E-state index contributed by atoms with van der Waals surface area (Å²) in [6.45, 7) is 0. The van der Waals surface area contributed by atoms with E-state index in [0.717, 1.165) is 27.3 Å². The van der Waals surface area contributed by atoms with Gasteiger partial charge in [-0.1, -0.05) is 29.3 Å². The molecule has 0 unspecified atom stereocenters. The molecule has 134 valence electrons. The fourth-order valence-electron chi connectivity index (χ4n) is 2.35. The minimum absolute atomic E-state index is 0.500. The van der Waals surface area contributed by atoms with Crippen LogP contribution in [0.5, 0.6) is 0 Å². The lowest BCUT2D eigenvalue weighted by Crippen LogP contribution is -2.11. The quantitative estimate of drug-likeness (QED) is 0.360. The van der Waals surface area contributed by atoms with Gasteiger partial charge in [-0.15, -0.1) is 11.3 Å². The second-order valence-electron chi connectivity index (χ2n) is 5.47. The molecule has 4 aromatic rings. The van der Waals surface area contributed by atoms with Gasteiger partial charge in [0.2, 0.25) is 4.80 Å². The number of rotatable bonds is 4. The standard InChI is InChI=1S/C19H12Cl2N4S2/c20-16-4-3-14(8-17(16)21)18-12-27-19(24-15-2-1-6-22-10-15)25(18)23-9-13-5-7-26-11-13/h1-12H. The fourth-order valence-corrected chi connectivity index (χ4v) is 4.11. The molecule has 0 spiro atoms. The van der Waals surface area contributed by atoms with Gasteiger partial charge in [-0.2, -0.15) is 16.4 Å². The highest BCUT2D eigenvalue weighted by molar-refractivity contribution is 7.08. The van der Waals surface area contributed by atoms with Crippen molar-refractivity contribution in [1.29, 1.82) is 0 Å². The molecular formula is C19H12Cl2N4S2. The van der Waals surface area contributed by atoms with Gasteiger partial charge in [-0.25, -0.2) is 9.67 Å². The molecule has 8 heteroatoms. The Bertz CT molecular complexity index is 1150. The number of pyridine rings is 1. The highest BCUT2D eigenvalue weighted by atomic mass is 35.5. The van der Waals surface area contributed by atoms with E-state index in [0.29, 0.717) is 10.0 Å². The van der Waals surface area contributed by atoms with Gasteiger partial charge in [0.15, 0.2) is 0 Å². The zero-order chi connectivity index (χ0) is 18.6. The van der Waals surface area contributed by atoms with Gasteiger partial charge >= 0.3 is 0 Å². The molecule has 0 aliphatic rings. The maximum Gasteiger partial charge on any atom is 0.211 e. The number of thiophene rings is 1. The average Bonchev–Trinajstić information content (AvgIpc) is 3.33. The molecule has 0 saturated carbocycles. The molecule has 0 bridgehead atoms. The van der Waals surface area contributed by atoms with Crippen LogP contribution in [0.4, 0.5) is 5.69 Å². The van der Waals surface area contributed by atoms with Crippen molar-refractivity contribution in [3.63, 3.8) is 0 Å². The van der Waals surface area contributed by atoms with E-state index in [4.69, 9.17) is 23.2 Å². The third-order valence-corrected chi connectivity index (χ3v) is 5.89. The van der Waals surface area contributed by atoms with Crippen LogP contribution in [0, 0.1) is 0 Å². The molecule has 0 aliphatic carbocycles. The summed E-state index contributed by atoms with van der Waals surface area (Å²) < 4.78 is 1.80. The van der Waals surface area contributed by atoms with Gasteiger partial charge in [-0.05, 0) is 41.1 Å². The first-order chi connectivity index (χ1) is 13.2. The Labute approximate surface area is 173 Å². The van der Waals surface area contributed by atoms with E-state index in [1.54, 1.807) is 34.5 Å². The van der Waals surface area contributed by atoms with E-state index in [9.17, 15) is 0 Å². The predicted octanol–water partition coefficient (Wildman–Crippen LogP) is 6.09. The van der Waals surface area contributed by atoms with Gasteiger partial charge in [0.1, 0.15) is 0 Å². The van der Waals surface area contributed by atoms with Gasteiger partial charge in [0.25, 0.3) is 0 Å². The number of hydrogen-bond donors (Lipinski definition) is 0. The molecule has 3 heterocycles. The van der Waals surface area contributed by atoms with Gasteiger partial charge in [-0.3, -0.25) is 4.98 Å². The second-order valence-corrected chi connectivity index (χ2v) is 7.90. The van der Waals surface area contributed by atoms with Crippen LogP contribution in [0.1, 0.15) is 5.56 Å². The lowest BCUT2D eigenvalue weighted by Gasteiger charge is -2.05. The summed E-state index contributed by atoms with van der Waals surface area (Å²) in [5, 5.41) is 11.7. The summed E-state index contributed by atoms with van der Waals surface area (Å²) in [5.74, 6) is 0. The van der Waals surface area contributed by atoms with Crippen LogP contribution in [0.25, 0.3) is 11.3 Å². The van der Waals surface area contributed by atoms with Crippen LogP contribution < -0.4 is 4.80 Å². The second kappa shape index (κ2) is 8.19. The molecule has 0 N–H and O–H groups in total. The molecule has 0 amide bonds. The molecule has 1 aromatic carbocycles. The maximum atomic E-state index is 6.20. The third-order valence-electron chi connectivity index (χ3n) is 3.64. The summed E-state index contributed by atoms with van der Waals surface area (Å²) in [6, 6.07) is 11.3. The first-order valence-corrected chi connectivity index (χ1v) is 10.5. The number of benzene rings is 1. The number of aromatic nitrogens is 2. The van der Waals surface area contributed by atoms with Crippen LogP contribution in [0.2, 0.25) is 10.0 Å². The highest BCUT2D eigenvalue weighted by Crippen LogP contribution is 2.29. The lowest BCUT2D eigenvalue weighted by atomic mass is 10.2. The topological polar surface area (TPSA) is 42.5 Å². The SMILES string of the molecule is Clc1ccc(-c2csc(=Nc3cccnc3)n2N=Cc2ccsc2)cc1Cl. The number of hydrogen-bond acceptors (Lipinski definition) is 5. The minimum atomic E-state index is 0.500. The summed E-state index contributed by atoms with van der Waals surface area (Å²) in [4.78, 5) is 9.52. The van der Waals surface area contributed by atoms with Crippen molar-refractivity contribution in [2.75, 3.05) is 0 Å². The van der Waals surface area contributed by atoms with Crippen molar-refractivity contribution in [2.45, 2.75) is 0 Å². The highest BCUT2D eigenvalue weighted by Gasteiger charge is 2.10. The van der Waals surface area contributed by atoms with Gasteiger partial charge in [0, 0.05) is 22.7 Å². The summed E-state index contributed by atoms with van der Waals surface area (Å²) in [7, 11) is 0. The van der Waals surface area contributed by atoms with Crippen molar-refractivity contribution in [1.82, 2.24) is 9.66 Å². The monoisotopic (exact) mass is 430 g/mol. The van der Waals surface area contributed by atoms with Gasteiger partial charge in [0.05, 0.1) is 33.8 Å². The first kappa shape index (κ1) is 18.1. The molecule has 4 rings (SSSR count). The molecule has 0 radical (unpaired) electrons. The van der Waals surface area contributed by atoms with E-state index in [1.807, 2.05) is 52.7 Å². The number of thiazole rings is 1. The Morgan fingerprint density at radius 1 is 1.07 bits per heavy atom. The molecular weight excluding hydrogens is 419 g/mol. The first-order valence-electron chi connectivity index (χ1n) is 7.88. The zero-order valence-corrected chi connectivity index (χ0v) is 16.9.